The fourth-order valence-corrected chi connectivity index (χ4v) is 3.80. The molecular weight excluding hydrogens is 354 g/mol. The van der Waals surface area contributed by atoms with Gasteiger partial charge in [-0.25, -0.2) is 8.42 Å². The number of nitrogens with zero attached hydrogens (tertiary/aromatic N) is 2. The molecule has 0 saturated carbocycles. The van der Waals surface area contributed by atoms with Gasteiger partial charge in [0.25, 0.3) is 17.3 Å². The second-order valence-electron chi connectivity index (χ2n) is 4.96. The third kappa shape index (κ3) is 3.77. The topological polar surface area (TPSA) is 164 Å². The lowest BCUT2D eigenvalue weighted by Crippen LogP contribution is -2.19. The van der Waals surface area contributed by atoms with Crippen molar-refractivity contribution in [2.45, 2.75) is 10.6 Å². The zero-order valence-corrected chi connectivity index (χ0v) is 13.3. The fraction of sp³-hybridized carbons (Fsp3) is 0.0714. The number of sulfone groups is 1. The highest BCUT2D eigenvalue weighted by atomic mass is 32.2. The average molecular weight is 365 g/mol. The Kier molecular flexibility index (Phi) is 4.79. The quantitative estimate of drug-likeness (QED) is 0.599. The molecule has 11 heteroatoms. The number of nitro groups is 2. The molecule has 0 unspecified atom stereocenters. The molecule has 2 N–H and O–H groups in total. The number of nitro benzene ring substituents is 2. The van der Waals surface area contributed by atoms with Crippen LogP contribution in [0.1, 0.15) is 15.9 Å². The maximum Gasteiger partial charge on any atom is 0.290 e. The summed E-state index contributed by atoms with van der Waals surface area (Å²) in [4.78, 5) is 30.8. The van der Waals surface area contributed by atoms with Gasteiger partial charge in [-0.15, -0.1) is 0 Å². The van der Waals surface area contributed by atoms with Gasteiger partial charge in [-0.2, -0.15) is 0 Å². The van der Waals surface area contributed by atoms with E-state index in [4.69, 9.17) is 5.73 Å². The Balaban J connectivity index is 2.75. The molecule has 0 radical (unpaired) electrons. The summed E-state index contributed by atoms with van der Waals surface area (Å²) in [5.74, 6) is -1.97. The molecule has 0 aliphatic carbocycles. The van der Waals surface area contributed by atoms with Gasteiger partial charge >= 0.3 is 0 Å². The standard InChI is InChI=1S/C14H11N3O7S/c15-14(18)13-11(17(21)22)6-10(16(19)20)7-12(13)25(23,24)8-9-4-2-1-3-5-9/h1-7H,8H2,(H2,15,18). The van der Waals surface area contributed by atoms with E-state index in [0.29, 0.717) is 17.7 Å². The molecule has 0 aliphatic rings. The third-order valence-electron chi connectivity index (χ3n) is 3.25. The monoisotopic (exact) mass is 365 g/mol. The van der Waals surface area contributed by atoms with Crippen molar-refractivity contribution in [2.24, 2.45) is 5.73 Å². The van der Waals surface area contributed by atoms with Gasteiger partial charge in [0.15, 0.2) is 9.84 Å². The van der Waals surface area contributed by atoms with Crippen LogP contribution in [0.3, 0.4) is 0 Å². The summed E-state index contributed by atoms with van der Waals surface area (Å²) in [6, 6.07) is 8.90. The summed E-state index contributed by atoms with van der Waals surface area (Å²) in [6.07, 6.45) is 0. The van der Waals surface area contributed by atoms with Crippen LogP contribution in [0.15, 0.2) is 47.4 Å². The molecule has 130 valence electrons. The van der Waals surface area contributed by atoms with Crippen LogP contribution in [0.4, 0.5) is 11.4 Å². The number of benzene rings is 2. The number of hydrogen-bond donors (Lipinski definition) is 1. The van der Waals surface area contributed by atoms with Crippen LogP contribution >= 0.6 is 0 Å². The molecule has 0 aliphatic heterocycles. The van der Waals surface area contributed by atoms with E-state index in [1.807, 2.05) is 0 Å². The number of carbonyl (C=O) groups excluding carboxylic acids is 1. The van der Waals surface area contributed by atoms with Crippen LogP contribution in [0, 0.1) is 20.2 Å². The normalized spacial score (nSPS) is 11.0. The summed E-state index contributed by atoms with van der Waals surface area (Å²) in [6.45, 7) is 0. The van der Waals surface area contributed by atoms with Crippen molar-refractivity contribution in [1.82, 2.24) is 0 Å². The zero-order chi connectivity index (χ0) is 18.8. The number of carbonyl (C=O) groups is 1. The Morgan fingerprint density at radius 2 is 1.64 bits per heavy atom. The number of non-ortho nitro benzene ring substituents is 1. The van der Waals surface area contributed by atoms with Crippen LogP contribution in [0.5, 0.6) is 0 Å². The Morgan fingerprint density at radius 1 is 1.04 bits per heavy atom. The molecule has 0 heterocycles. The van der Waals surface area contributed by atoms with Crippen molar-refractivity contribution in [3.05, 3.63) is 73.8 Å². The molecule has 2 aromatic rings. The summed E-state index contributed by atoms with van der Waals surface area (Å²) in [5.41, 5.74) is 2.68. The summed E-state index contributed by atoms with van der Waals surface area (Å²) < 4.78 is 25.2. The van der Waals surface area contributed by atoms with Crippen molar-refractivity contribution in [3.63, 3.8) is 0 Å². The van der Waals surface area contributed by atoms with E-state index in [9.17, 15) is 33.4 Å². The summed E-state index contributed by atoms with van der Waals surface area (Å²) >= 11 is 0. The molecule has 10 nitrogen and oxygen atoms in total. The van der Waals surface area contributed by atoms with Crippen molar-refractivity contribution in [2.75, 3.05) is 0 Å². The van der Waals surface area contributed by atoms with Crippen molar-refractivity contribution in [3.8, 4) is 0 Å². The minimum Gasteiger partial charge on any atom is -0.365 e. The van der Waals surface area contributed by atoms with E-state index in [-0.39, 0.29) is 0 Å². The third-order valence-corrected chi connectivity index (χ3v) is 4.96. The predicted molar refractivity (Wildman–Crippen MR) is 85.6 cm³/mol. The highest BCUT2D eigenvalue weighted by molar-refractivity contribution is 7.90. The second kappa shape index (κ2) is 6.65. The Hall–Kier alpha value is -3.34. The minimum atomic E-state index is -4.31. The summed E-state index contributed by atoms with van der Waals surface area (Å²) in [7, 11) is -4.31. The van der Waals surface area contributed by atoms with E-state index in [0.717, 1.165) is 0 Å². The molecule has 25 heavy (non-hydrogen) atoms. The first-order valence-electron chi connectivity index (χ1n) is 6.67. The molecule has 2 rings (SSSR count). The van der Waals surface area contributed by atoms with Gasteiger partial charge in [-0.05, 0) is 5.56 Å². The maximum absolute atomic E-state index is 12.6. The van der Waals surface area contributed by atoms with Crippen molar-refractivity contribution < 1.29 is 23.1 Å². The second-order valence-corrected chi connectivity index (χ2v) is 6.92. The van der Waals surface area contributed by atoms with Crippen LogP contribution in [0.25, 0.3) is 0 Å². The van der Waals surface area contributed by atoms with Crippen molar-refractivity contribution >= 4 is 27.1 Å². The van der Waals surface area contributed by atoms with Gasteiger partial charge in [0.2, 0.25) is 0 Å². The van der Waals surface area contributed by atoms with E-state index in [1.54, 1.807) is 18.2 Å². The van der Waals surface area contributed by atoms with Gasteiger partial charge in [-0.1, -0.05) is 30.3 Å². The summed E-state index contributed by atoms with van der Waals surface area (Å²) in [5, 5.41) is 22.1. The molecule has 1 amide bonds. The molecule has 0 bridgehead atoms. The molecule has 0 aromatic heterocycles. The van der Waals surface area contributed by atoms with Crippen LogP contribution < -0.4 is 5.73 Å². The lowest BCUT2D eigenvalue weighted by Gasteiger charge is -2.09. The smallest absolute Gasteiger partial charge is 0.290 e. The molecular formula is C14H11N3O7S. The SMILES string of the molecule is NC(=O)c1c([N+](=O)[O-])cc([N+](=O)[O-])cc1S(=O)(=O)Cc1ccccc1. The lowest BCUT2D eigenvalue weighted by molar-refractivity contribution is -0.394. The maximum atomic E-state index is 12.6. The number of primary amides is 1. The highest BCUT2D eigenvalue weighted by Gasteiger charge is 2.33. The van der Waals surface area contributed by atoms with E-state index < -0.39 is 53.2 Å². The molecule has 0 spiro atoms. The number of nitrogens with two attached hydrogens (primary N) is 1. The first kappa shape index (κ1) is 18.0. The minimum absolute atomic E-state index is 0.340. The van der Waals surface area contributed by atoms with Gasteiger partial charge in [0.1, 0.15) is 5.56 Å². The van der Waals surface area contributed by atoms with Crippen LogP contribution in [-0.4, -0.2) is 24.2 Å². The predicted octanol–water partition coefficient (Wildman–Crippen LogP) is 1.58. The Labute approximate surface area is 141 Å². The van der Waals surface area contributed by atoms with Crippen molar-refractivity contribution in [1.29, 1.82) is 0 Å². The van der Waals surface area contributed by atoms with E-state index in [1.165, 1.54) is 12.1 Å². The Morgan fingerprint density at radius 3 is 2.12 bits per heavy atom. The molecule has 2 aromatic carbocycles. The zero-order valence-electron chi connectivity index (χ0n) is 12.5. The van der Waals surface area contributed by atoms with Crippen LogP contribution in [0.2, 0.25) is 0 Å². The van der Waals surface area contributed by atoms with Gasteiger partial charge in [0, 0.05) is 6.07 Å². The molecule has 0 atom stereocenters. The number of rotatable bonds is 6. The highest BCUT2D eigenvalue weighted by Crippen LogP contribution is 2.32. The lowest BCUT2D eigenvalue weighted by atomic mass is 10.1. The first-order valence-corrected chi connectivity index (χ1v) is 8.32. The fourth-order valence-electron chi connectivity index (χ4n) is 2.20. The first-order chi connectivity index (χ1) is 11.6. The molecule has 0 saturated heterocycles. The van der Waals surface area contributed by atoms with E-state index in [2.05, 4.69) is 0 Å². The van der Waals surface area contributed by atoms with Crippen LogP contribution in [-0.2, 0) is 15.6 Å². The van der Waals surface area contributed by atoms with Gasteiger partial charge in [-0.3, -0.25) is 25.0 Å². The van der Waals surface area contributed by atoms with Gasteiger partial charge in [0.05, 0.1) is 26.6 Å². The van der Waals surface area contributed by atoms with E-state index >= 15 is 0 Å². The number of hydrogen-bond acceptors (Lipinski definition) is 7. The molecule has 0 fully saturated rings. The Bertz CT molecular complexity index is 971. The number of amides is 1. The average Bonchev–Trinajstić information content (AvgIpc) is 2.53. The van der Waals surface area contributed by atoms with Gasteiger partial charge < -0.3 is 5.73 Å². The largest absolute Gasteiger partial charge is 0.365 e.